The van der Waals surface area contributed by atoms with Crippen molar-refractivity contribution >= 4 is 17.7 Å². The molecule has 0 unspecified atom stereocenters. The maximum atomic E-state index is 4.99. The fourth-order valence-corrected chi connectivity index (χ4v) is 1.94. The average Bonchev–Trinajstić information content (AvgIpc) is 2.18. The lowest BCUT2D eigenvalue weighted by atomic mass is 10.5. The minimum absolute atomic E-state index is 0.706. The highest BCUT2D eigenvalue weighted by molar-refractivity contribution is 7.99. The summed E-state index contributed by atoms with van der Waals surface area (Å²) in [6.45, 7) is 5.59. The highest BCUT2D eigenvalue weighted by Crippen LogP contribution is 2.17. The summed E-state index contributed by atoms with van der Waals surface area (Å²) < 4.78 is 4.99. The van der Waals surface area contributed by atoms with Crippen molar-refractivity contribution in [3.8, 4) is 0 Å². The number of nitrogens with zero attached hydrogens (tertiary/aromatic N) is 2. The molecule has 0 atom stereocenters. The Bertz CT molecular complexity index is 307. The fraction of sp³-hybridized carbons (Fsp3) is 0.600. The van der Waals surface area contributed by atoms with Gasteiger partial charge < -0.3 is 10.1 Å². The van der Waals surface area contributed by atoms with Crippen molar-refractivity contribution in [3.05, 3.63) is 11.8 Å². The van der Waals surface area contributed by atoms with Gasteiger partial charge >= 0.3 is 0 Å². The third kappa shape index (κ3) is 4.48. The second kappa shape index (κ2) is 6.63. The molecule has 0 fully saturated rings. The van der Waals surface area contributed by atoms with E-state index >= 15 is 0 Å². The fourth-order valence-electron chi connectivity index (χ4n) is 1.08. The molecular formula is C10H17N3OS. The van der Waals surface area contributed by atoms with E-state index in [1.165, 1.54) is 0 Å². The zero-order chi connectivity index (χ0) is 11.1. The molecule has 1 rings (SSSR count). The van der Waals surface area contributed by atoms with Crippen LogP contribution in [0, 0.1) is 6.92 Å². The Hall–Kier alpha value is -0.810. The quantitative estimate of drug-likeness (QED) is 0.457. The number of nitrogens with one attached hydrogen (secondary N) is 1. The van der Waals surface area contributed by atoms with Crippen LogP contribution in [0.3, 0.4) is 0 Å². The van der Waals surface area contributed by atoms with Gasteiger partial charge in [0.15, 0.2) is 0 Å². The Morgan fingerprint density at radius 1 is 1.47 bits per heavy atom. The van der Waals surface area contributed by atoms with Gasteiger partial charge in [-0.05, 0) is 19.9 Å². The highest BCUT2D eigenvalue weighted by Gasteiger charge is 2.01. The molecule has 0 aliphatic rings. The standard InChI is InChI=1S/C10H17N3OS/c1-4-11-10-12-8(2)7-9(13-10)15-6-5-14-3/h7H,4-6H2,1-3H3,(H,11,12,13). The summed E-state index contributed by atoms with van der Waals surface area (Å²) in [6.07, 6.45) is 0. The van der Waals surface area contributed by atoms with Gasteiger partial charge in [0.1, 0.15) is 5.03 Å². The number of hydrogen-bond acceptors (Lipinski definition) is 5. The first-order valence-electron chi connectivity index (χ1n) is 4.97. The van der Waals surface area contributed by atoms with Crippen molar-refractivity contribution in [3.63, 3.8) is 0 Å². The number of aryl methyl sites for hydroxylation is 1. The van der Waals surface area contributed by atoms with E-state index < -0.39 is 0 Å². The first kappa shape index (κ1) is 12.3. The Morgan fingerprint density at radius 2 is 2.27 bits per heavy atom. The van der Waals surface area contributed by atoms with E-state index in [1.807, 2.05) is 19.9 Å². The van der Waals surface area contributed by atoms with Crippen molar-refractivity contribution in [2.45, 2.75) is 18.9 Å². The number of aromatic nitrogens is 2. The SMILES string of the molecule is CCNc1nc(C)cc(SCCOC)n1. The molecule has 0 aliphatic heterocycles. The molecule has 0 aliphatic carbocycles. The molecule has 0 spiro atoms. The van der Waals surface area contributed by atoms with E-state index in [1.54, 1.807) is 18.9 Å². The van der Waals surface area contributed by atoms with Crippen LogP contribution < -0.4 is 5.32 Å². The highest BCUT2D eigenvalue weighted by atomic mass is 32.2. The normalized spacial score (nSPS) is 10.3. The molecule has 0 amide bonds. The Labute approximate surface area is 94.8 Å². The van der Waals surface area contributed by atoms with E-state index in [9.17, 15) is 0 Å². The molecule has 0 saturated heterocycles. The van der Waals surface area contributed by atoms with E-state index in [4.69, 9.17) is 4.74 Å². The molecule has 0 bridgehead atoms. The van der Waals surface area contributed by atoms with Gasteiger partial charge in [-0.25, -0.2) is 9.97 Å². The zero-order valence-corrected chi connectivity index (χ0v) is 10.2. The van der Waals surface area contributed by atoms with Gasteiger partial charge in [-0.3, -0.25) is 0 Å². The summed E-state index contributed by atoms with van der Waals surface area (Å²) >= 11 is 1.68. The van der Waals surface area contributed by atoms with E-state index in [0.29, 0.717) is 5.95 Å². The number of rotatable bonds is 6. The molecule has 0 radical (unpaired) electrons. The Kier molecular flexibility index (Phi) is 5.42. The molecule has 4 nitrogen and oxygen atoms in total. The van der Waals surface area contributed by atoms with Crippen LogP contribution >= 0.6 is 11.8 Å². The molecule has 1 N–H and O–H groups in total. The lowest BCUT2D eigenvalue weighted by Gasteiger charge is -2.05. The summed E-state index contributed by atoms with van der Waals surface area (Å²) in [5, 5.41) is 4.11. The van der Waals surface area contributed by atoms with Gasteiger partial charge in [0.05, 0.1) is 6.61 Å². The average molecular weight is 227 g/mol. The molecule has 5 heteroatoms. The molecule has 0 saturated carbocycles. The van der Waals surface area contributed by atoms with Gasteiger partial charge in [-0.2, -0.15) is 0 Å². The van der Waals surface area contributed by atoms with Crippen LogP contribution in [0.25, 0.3) is 0 Å². The Balaban J connectivity index is 2.62. The first-order chi connectivity index (χ1) is 7.26. The van der Waals surface area contributed by atoms with Gasteiger partial charge in [-0.15, -0.1) is 11.8 Å². The molecule has 1 heterocycles. The number of hydrogen-bond donors (Lipinski definition) is 1. The van der Waals surface area contributed by atoms with E-state index in [0.717, 1.165) is 29.6 Å². The predicted octanol–water partition coefficient (Wildman–Crippen LogP) is 1.96. The van der Waals surface area contributed by atoms with Crippen molar-refractivity contribution in [2.75, 3.05) is 31.3 Å². The minimum atomic E-state index is 0.706. The van der Waals surface area contributed by atoms with Crippen LogP contribution in [0.15, 0.2) is 11.1 Å². The van der Waals surface area contributed by atoms with Gasteiger partial charge in [-0.1, -0.05) is 0 Å². The van der Waals surface area contributed by atoms with Crippen molar-refractivity contribution in [2.24, 2.45) is 0 Å². The second-order valence-electron chi connectivity index (χ2n) is 3.04. The first-order valence-corrected chi connectivity index (χ1v) is 5.96. The van der Waals surface area contributed by atoms with E-state index in [-0.39, 0.29) is 0 Å². The largest absolute Gasteiger partial charge is 0.384 e. The predicted molar refractivity (Wildman–Crippen MR) is 63.5 cm³/mol. The third-order valence-corrected chi connectivity index (χ3v) is 2.58. The second-order valence-corrected chi connectivity index (χ2v) is 4.16. The summed E-state index contributed by atoms with van der Waals surface area (Å²) in [6, 6.07) is 1.99. The smallest absolute Gasteiger partial charge is 0.223 e. The number of ether oxygens (including phenoxy) is 1. The third-order valence-electron chi connectivity index (χ3n) is 1.70. The minimum Gasteiger partial charge on any atom is -0.384 e. The number of methoxy groups -OCH3 is 1. The van der Waals surface area contributed by atoms with Gasteiger partial charge in [0.25, 0.3) is 0 Å². The zero-order valence-electron chi connectivity index (χ0n) is 9.41. The molecular weight excluding hydrogens is 210 g/mol. The lowest BCUT2D eigenvalue weighted by molar-refractivity contribution is 0.218. The summed E-state index contributed by atoms with van der Waals surface area (Å²) in [4.78, 5) is 8.67. The molecule has 15 heavy (non-hydrogen) atoms. The van der Waals surface area contributed by atoms with Gasteiger partial charge in [0.2, 0.25) is 5.95 Å². The van der Waals surface area contributed by atoms with Crippen molar-refractivity contribution in [1.29, 1.82) is 0 Å². The summed E-state index contributed by atoms with van der Waals surface area (Å²) in [7, 11) is 1.70. The molecule has 84 valence electrons. The van der Waals surface area contributed by atoms with Crippen LogP contribution in [0.1, 0.15) is 12.6 Å². The van der Waals surface area contributed by atoms with Crippen molar-refractivity contribution < 1.29 is 4.74 Å². The number of anilines is 1. The maximum Gasteiger partial charge on any atom is 0.223 e. The number of thioether (sulfide) groups is 1. The molecule has 0 aromatic carbocycles. The van der Waals surface area contributed by atoms with Crippen LogP contribution in [-0.2, 0) is 4.74 Å². The summed E-state index contributed by atoms with van der Waals surface area (Å²) in [5.74, 6) is 1.62. The van der Waals surface area contributed by atoms with Crippen LogP contribution in [0.5, 0.6) is 0 Å². The lowest BCUT2D eigenvalue weighted by Crippen LogP contribution is -2.04. The van der Waals surface area contributed by atoms with Crippen molar-refractivity contribution in [1.82, 2.24) is 9.97 Å². The van der Waals surface area contributed by atoms with Crippen LogP contribution in [0.4, 0.5) is 5.95 Å². The monoisotopic (exact) mass is 227 g/mol. The molecule has 1 aromatic heterocycles. The topological polar surface area (TPSA) is 47.0 Å². The van der Waals surface area contributed by atoms with Crippen LogP contribution in [-0.4, -0.2) is 36.0 Å². The van der Waals surface area contributed by atoms with Crippen LogP contribution in [0.2, 0.25) is 0 Å². The van der Waals surface area contributed by atoms with E-state index in [2.05, 4.69) is 15.3 Å². The van der Waals surface area contributed by atoms with Gasteiger partial charge in [0, 0.05) is 25.1 Å². The summed E-state index contributed by atoms with van der Waals surface area (Å²) in [5.41, 5.74) is 0.987. The Morgan fingerprint density at radius 3 is 2.93 bits per heavy atom. The molecule has 1 aromatic rings. The maximum absolute atomic E-state index is 4.99.